The molecular formula is C24H25BF2N5+. The number of imidazole rings is 1. The van der Waals surface area contributed by atoms with Gasteiger partial charge in [-0.1, -0.05) is 24.3 Å². The predicted molar refractivity (Wildman–Crippen MR) is 127 cm³/mol. The maximum atomic E-state index is 13.6. The van der Waals surface area contributed by atoms with E-state index in [0.717, 1.165) is 32.7 Å². The molecule has 0 radical (unpaired) electrons. The number of H-pyrrole nitrogens is 1. The Morgan fingerprint density at radius 2 is 1.34 bits per heavy atom. The molecule has 0 aliphatic carbocycles. The van der Waals surface area contributed by atoms with Gasteiger partial charge in [-0.25, -0.2) is 18.1 Å². The number of benzene rings is 2. The summed E-state index contributed by atoms with van der Waals surface area (Å²) in [6, 6.07) is 21.1. The zero-order valence-electron chi connectivity index (χ0n) is 18.6. The van der Waals surface area contributed by atoms with Gasteiger partial charge in [0.1, 0.15) is 6.20 Å². The minimum absolute atomic E-state index is 0.324. The lowest BCUT2D eigenvalue weighted by atomic mass is 10.0. The molecule has 5 nitrogen and oxygen atoms in total. The molecular weight excluding hydrogens is 407 g/mol. The number of pyridine rings is 1. The van der Waals surface area contributed by atoms with Gasteiger partial charge in [-0.05, 0) is 36.4 Å². The average molecular weight is 432 g/mol. The van der Waals surface area contributed by atoms with Crippen LogP contribution in [0.15, 0.2) is 72.9 Å². The summed E-state index contributed by atoms with van der Waals surface area (Å²) in [7, 11) is 5.27. The van der Waals surface area contributed by atoms with Crippen LogP contribution in [-0.2, 0) is 0 Å². The second-order valence-electron chi connectivity index (χ2n) is 7.96. The van der Waals surface area contributed by atoms with Crippen LogP contribution in [0.4, 0.5) is 20.0 Å². The summed E-state index contributed by atoms with van der Waals surface area (Å²) >= 11 is 0. The molecule has 0 bridgehead atoms. The third-order valence-electron chi connectivity index (χ3n) is 5.38. The molecule has 8 heteroatoms. The molecule has 0 saturated carbocycles. The van der Waals surface area contributed by atoms with Crippen LogP contribution >= 0.6 is 0 Å². The maximum absolute atomic E-state index is 13.6. The number of nitrogens with one attached hydrogen (secondary N) is 1. The topological polar surface area (TPSA) is 39.0 Å². The molecule has 32 heavy (non-hydrogen) atoms. The van der Waals surface area contributed by atoms with Crippen LogP contribution in [0.1, 0.15) is 0 Å². The summed E-state index contributed by atoms with van der Waals surface area (Å²) in [6.45, 7) is 0. The number of nitrogens with zero attached hydrogens (tertiary/aromatic N) is 4. The van der Waals surface area contributed by atoms with Gasteiger partial charge in [-0.2, -0.15) is 0 Å². The van der Waals surface area contributed by atoms with E-state index in [2.05, 4.69) is 4.98 Å². The highest BCUT2D eigenvalue weighted by Gasteiger charge is 2.36. The number of halogens is 2. The van der Waals surface area contributed by atoms with Crippen molar-refractivity contribution in [3.8, 4) is 34.0 Å². The van der Waals surface area contributed by atoms with E-state index >= 15 is 0 Å². The van der Waals surface area contributed by atoms with Crippen LogP contribution in [0.3, 0.4) is 0 Å². The predicted octanol–water partition coefficient (Wildman–Crippen LogP) is 4.60. The Balaban J connectivity index is 1.87. The van der Waals surface area contributed by atoms with Crippen molar-refractivity contribution >= 4 is 18.8 Å². The van der Waals surface area contributed by atoms with Crippen LogP contribution in [0.25, 0.3) is 34.0 Å². The fraction of sp³-hybridized carbons (Fsp3) is 0.167. The van der Waals surface area contributed by atoms with Gasteiger partial charge in [0.15, 0.2) is 0 Å². The molecule has 0 spiro atoms. The normalized spacial score (nSPS) is 10.8. The van der Waals surface area contributed by atoms with Gasteiger partial charge in [0, 0.05) is 56.8 Å². The molecule has 1 N–H and O–H groups in total. The van der Waals surface area contributed by atoms with Crippen LogP contribution in [0, 0.1) is 0 Å². The molecule has 0 aliphatic rings. The number of anilines is 2. The molecule has 0 fully saturated rings. The Morgan fingerprint density at radius 1 is 0.781 bits per heavy atom. The fourth-order valence-electron chi connectivity index (χ4n) is 3.58. The quantitative estimate of drug-likeness (QED) is 0.453. The summed E-state index contributed by atoms with van der Waals surface area (Å²) in [4.78, 5) is 12.1. The van der Waals surface area contributed by atoms with Gasteiger partial charge in [0.2, 0.25) is 11.5 Å². The summed E-state index contributed by atoms with van der Waals surface area (Å²) in [5.41, 5.74) is 5.80. The van der Waals surface area contributed by atoms with E-state index in [-0.39, 0.29) is 0 Å². The Morgan fingerprint density at radius 3 is 1.88 bits per heavy atom. The van der Waals surface area contributed by atoms with E-state index in [1.54, 1.807) is 18.2 Å². The van der Waals surface area contributed by atoms with Gasteiger partial charge in [0.05, 0.1) is 11.4 Å². The molecule has 0 unspecified atom stereocenters. The molecule has 2 heterocycles. The van der Waals surface area contributed by atoms with Crippen LogP contribution < -0.4 is 14.3 Å². The molecule has 0 aliphatic heterocycles. The summed E-state index contributed by atoms with van der Waals surface area (Å²) in [5.74, 6) is 0.393. The van der Waals surface area contributed by atoms with E-state index in [4.69, 9.17) is 4.98 Å². The van der Waals surface area contributed by atoms with Crippen molar-refractivity contribution in [1.82, 2.24) is 9.97 Å². The Labute approximate surface area is 187 Å². The smallest absolute Gasteiger partial charge is 0.378 e. The second-order valence-corrected chi connectivity index (χ2v) is 7.96. The van der Waals surface area contributed by atoms with E-state index in [1.807, 2.05) is 86.5 Å². The van der Waals surface area contributed by atoms with Crippen molar-refractivity contribution in [3.05, 3.63) is 72.9 Å². The van der Waals surface area contributed by atoms with Gasteiger partial charge >= 0.3 is 7.40 Å². The molecule has 2 aromatic heterocycles. The number of aromatic amines is 1. The number of hydrogen-bond donors (Lipinski definition) is 1. The number of hydrogen-bond acceptors (Lipinski definition) is 3. The van der Waals surface area contributed by atoms with Crippen LogP contribution in [-0.4, -0.2) is 45.6 Å². The first-order chi connectivity index (χ1) is 15.3. The lowest BCUT2D eigenvalue weighted by Gasteiger charge is -2.13. The van der Waals surface area contributed by atoms with Crippen LogP contribution in [0.2, 0.25) is 0 Å². The van der Waals surface area contributed by atoms with Crippen molar-refractivity contribution < 1.29 is 13.1 Å². The zero-order valence-corrected chi connectivity index (χ0v) is 18.6. The van der Waals surface area contributed by atoms with Crippen molar-refractivity contribution in [1.29, 1.82) is 0 Å². The first kappa shape index (κ1) is 21.6. The van der Waals surface area contributed by atoms with Crippen molar-refractivity contribution in [2.45, 2.75) is 0 Å². The number of aromatic nitrogens is 3. The first-order valence-electron chi connectivity index (χ1n) is 10.3. The lowest BCUT2D eigenvalue weighted by molar-refractivity contribution is -0.542. The van der Waals surface area contributed by atoms with Gasteiger partial charge in [0.25, 0.3) is 0 Å². The van der Waals surface area contributed by atoms with Crippen LogP contribution in [0.5, 0.6) is 0 Å². The largest absolute Gasteiger partial charge is 0.934 e. The van der Waals surface area contributed by atoms with Crippen molar-refractivity contribution in [2.75, 3.05) is 38.0 Å². The highest BCUT2D eigenvalue weighted by Crippen LogP contribution is 2.34. The Hall–Kier alpha value is -3.68. The minimum atomic E-state index is -2.66. The Bertz CT molecular complexity index is 1130. The summed E-state index contributed by atoms with van der Waals surface area (Å²) in [5, 5.41) is 0. The fourth-order valence-corrected chi connectivity index (χ4v) is 3.58. The first-order valence-corrected chi connectivity index (χ1v) is 10.3. The van der Waals surface area contributed by atoms with Crippen molar-refractivity contribution in [2.24, 2.45) is 0 Å². The van der Waals surface area contributed by atoms with Gasteiger partial charge in [-0.3, -0.25) is 0 Å². The molecule has 0 amide bonds. The zero-order chi connectivity index (χ0) is 22.8. The second kappa shape index (κ2) is 8.82. The van der Waals surface area contributed by atoms with Gasteiger partial charge in [-0.15, -0.1) is 0 Å². The molecule has 4 aromatic rings. The average Bonchev–Trinajstić information content (AvgIpc) is 3.24. The maximum Gasteiger partial charge on any atom is 0.934 e. The number of rotatable bonds is 6. The molecule has 4 rings (SSSR count). The highest BCUT2D eigenvalue weighted by molar-refractivity contribution is 6.32. The monoisotopic (exact) mass is 432 g/mol. The molecule has 0 atom stereocenters. The van der Waals surface area contributed by atoms with Gasteiger partial charge < -0.3 is 14.8 Å². The summed E-state index contributed by atoms with van der Waals surface area (Å²) < 4.78 is 28.2. The van der Waals surface area contributed by atoms with Crippen molar-refractivity contribution in [3.63, 3.8) is 0 Å². The lowest BCUT2D eigenvalue weighted by Crippen LogP contribution is -2.47. The third-order valence-corrected chi connectivity index (χ3v) is 5.38. The standard InChI is InChI=1S/C24H24BF2N5/c1-30(2)19-12-8-17(9-13-19)22-23(18-10-14-20(15-11-18)31(3)4)29-24(28-22)21-7-5-6-16-32(21)25(26)27/h5-16H,1-4H3/p+1. The molecule has 162 valence electrons. The third kappa shape index (κ3) is 4.21. The van der Waals surface area contributed by atoms with E-state index in [9.17, 15) is 8.63 Å². The van der Waals surface area contributed by atoms with E-state index in [1.165, 1.54) is 6.20 Å². The molecule has 2 aromatic carbocycles. The minimum Gasteiger partial charge on any atom is -0.378 e. The van der Waals surface area contributed by atoms with E-state index in [0.29, 0.717) is 17.2 Å². The Kier molecular flexibility index (Phi) is 5.94. The summed E-state index contributed by atoms with van der Waals surface area (Å²) in [6.07, 6.45) is 1.36. The SMILES string of the molecule is CN(C)c1ccc(-c2nc(-c3cccc[n+]3B(F)F)[nH]c2-c2ccc(N(C)C)cc2)cc1. The van der Waals surface area contributed by atoms with E-state index < -0.39 is 7.40 Å². The highest BCUT2D eigenvalue weighted by atomic mass is 19.2. The molecule has 0 saturated heterocycles.